The first-order valence-corrected chi connectivity index (χ1v) is 7.58. The number of hydrogen-bond donors (Lipinski definition) is 0. The predicted molar refractivity (Wildman–Crippen MR) is 89.5 cm³/mol. The van der Waals surface area contributed by atoms with Crippen LogP contribution in [0.2, 0.25) is 5.02 Å². The van der Waals surface area contributed by atoms with Crippen molar-refractivity contribution in [3.63, 3.8) is 0 Å². The molecule has 1 radical (unpaired) electrons. The molecule has 3 heterocycles. The molecule has 117 valence electrons. The molecule has 2 aromatic heterocycles. The third-order valence-electron chi connectivity index (χ3n) is 3.54. The minimum absolute atomic E-state index is 0.467. The largest absolute Gasteiger partial charge is 0.332 e. The van der Waals surface area contributed by atoms with Crippen molar-refractivity contribution in [1.82, 2.24) is 20.1 Å². The van der Waals surface area contributed by atoms with Crippen LogP contribution in [-0.2, 0) is 6.54 Å². The molecule has 0 fully saturated rings. The fourth-order valence-corrected chi connectivity index (χ4v) is 2.57. The fraction of sp³-hybridized carbons (Fsp3) is 0.0625. The number of benzene rings is 1. The Morgan fingerprint density at radius 3 is 2.79 bits per heavy atom. The van der Waals surface area contributed by atoms with Crippen molar-refractivity contribution >= 4 is 17.4 Å². The van der Waals surface area contributed by atoms with Gasteiger partial charge in [0.2, 0.25) is 5.84 Å². The lowest BCUT2D eigenvalue weighted by atomic mass is 10.2. The summed E-state index contributed by atoms with van der Waals surface area (Å²) in [6.45, 7) is 0.645. The van der Waals surface area contributed by atoms with Gasteiger partial charge in [0, 0.05) is 29.5 Å². The molecule has 8 heteroatoms. The zero-order valence-corrected chi connectivity index (χ0v) is 13.2. The van der Waals surface area contributed by atoms with Crippen LogP contribution in [0, 0.1) is 0 Å². The van der Waals surface area contributed by atoms with E-state index in [2.05, 4.69) is 30.9 Å². The zero-order chi connectivity index (χ0) is 16.4. The van der Waals surface area contributed by atoms with Crippen molar-refractivity contribution in [2.24, 2.45) is 15.4 Å². The Labute approximate surface area is 142 Å². The van der Waals surface area contributed by atoms with Crippen LogP contribution in [0.4, 0.5) is 0 Å². The van der Waals surface area contributed by atoms with Crippen molar-refractivity contribution in [3.05, 3.63) is 71.3 Å². The number of halogens is 1. The van der Waals surface area contributed by atoms with Crippen molar-refractivity contribution < 1.29 is 0 Å². The van der Waals surface area contributed by atoms with E-state index >= 15 is 0 Å². The summed E-state index contributed by atoms with van der Waals surface area (Å²) in [7, 11) is 0. The SMILES string of the molecule is Clc1ccccc1Cn1cnc(-c2cc(C3=N[N]N=N3)ccn2)c1. The molecule has 24 heavy (non-hydrogen) atoms. The van der Waals surface area contributed by atoms with Crippen LogP contribution in [0.5, 0.6) is 0 Å². The molecule has 0 N–H and O–H groups in total. The second-order valence-electron chi connectivity index (χ2n) is 5.15. The van der Waals surface area contributed by atoms with Gasteiger partial charge >= 0.3 is 0 Å². The van der Waals surface area contributed by atoms with E-state index in [-0.39, 0.29) is 0 Å². The highest BCUT2D eigenvalue weighted by Crippen LogP contribution is 2.20. The Hall–Kier alpha value is -3.06. The molecule has 0 spiro atoms. The van der Waals surface area contributed by atoms with Gasteiger partial charge in [-0.05, 0) is 34.5 Å². The summed E-state index contributed by atoms with van der Waals surface area (Å²) in [5.41, 5.74) is 6.82. The molecule has 1 aromatic carbocycles. The highest BCUT2D eigenvalue weighted by Gasteiger charge is 2.11. The summed E-state index contributed by atoms with van der Waals surface area (Å²) >= 11 is 6.20. The monoisotopic (exact) mass is 336 g/mol. The summed E-state index contributed by atoms with van der Waals surface area (Å²) in [4.78, 5) is 8.78. The van der Waals surface area contributed by atoms with Crippen LogP contribution >= 0.6 is 11.6 Å². The molecule has 4 rings (SSSR count). The van der Waals surface area contributed by atoms with Crippen LogP contribution < -0.4 is 5.53 Å². The molecule has 0 bridgehead atoms. The molecule has 0 atom stereocenters. The van der Waals surface area contributed by atoms with Crippen molar-refractivity contribution in [3.8, 4) is 11.4 Å². The van der Waals surface area contributed by atoms with Crippen LogP contribution in [0.15, 0.2) is 70.6 Å². The summed E-state index contributed by atoms with van der Waals surface area (Å²) in [5.74, 6) is 0.467. The lowest BCUT2D eigenvalue weighted by Crippen LogP contribution is -1.97. The van der Waals surface area contributed by atoms with E-state index in [1.165, 1.54) is 0 Å². The van der Waals surface area contributed by atoms with Crippen molar-refractivity contribution in [2.45, 2.75) is 6.54 Å². The summed E-state index contributed by atoms with van der Waals surface area (Å²) in [6, 6.07) is 11.4. The smallest absolute Gasteiger partial charge is 0.207 e. The van der Waals surface area contributed by atoms with Gasteiger partial charge in [0.1, 0.15) is 5.69 Å². The average Bonchev–Trinajstić information content (AvgIpc) is 3.29. The topological polar surface area (TPSA) is 81.9 Å². The van der Waals surface area contributed by atoms with Gasteiger partial charge in [-0.25, -0.2) is 4.98 Å². The Kier molecular flexibility index (Phi) is 3.76. The first-order chi connectivity index (χ1) is 11.8. The van der Waals surface area contributed by atoms with Crippen molar-refractivity contribution in [1.29, 1.82) is 0 Å². The molecular formula is C16H11ClN7. The first kappa shape index (κ1) is 14.5. The number of rotatable bonds is 4. The van der Waals surface area contributed by atoms with E-state index in [0.29, 0.717) is 12.4 Å². The van der Waals surface area contributed by atoms with Gasteiger partial charge in [-0.3, -0.25) is 4.98 Å². The van der Waals surface area contributed by atoms with E-state index in [4.69, 9.17) is 11.6 Å². The number of pyridine rings is 1. The second-order valence-corrected chi connectivity index (χ2v) is 5.56. The lowest BCUT2D eigenvalue weighted by molar-refractivity contribution is 0.780. The van der Waals surface area contributed by atoms with Gasteiger partial charge in [0.15, 0.2) is 0 Å². The van der Waals surface area contributed by atoms with Gasteiger partial charge in [0.05, 0.1) is 12.0 Å². The summed E-state index contributed by atoms with van der Waals surface area (Å²) < 4.78 is 1.97. The quantitative estimate of drug-likeness (QED) is 0.732. The molecule has 0 unspecified atom stereocenters. The molecule has 7 nitrogen and oxygen atoms in total. The van der Waals surface area contributed by atoms with E-state index in [1.54, 1.807) is 12.5 Å². The Morgan fingerprint density at radius 1 is 1.04 bits per heavy atom. The minimum Gasteiger partial charge on any atom is -0.332 e. The van der Waals surface area contributed by atoms with Gasteiger partial charge in [-0.1, -0.05) is 29.8 Å². The van der Waals surface area contributed by atoms with Gasteiger partial charge in [-0.2, -0.15) is 0 Å². The average molecular weight is 337 g/mol. The van der Waals surface area contributed by atoms with Crippen LogP contribution in [-0.4, -0.2) is 20.4 Å². The molecule has 3 aromatic rings. The Balaban J connectivity index is 1.60. The minimum atomic E-state index is 0.467. The highest BCUT2D eigenvalue weighted by atomic mass is 35.5. The maximum absolute atomic E-state index is 6.20. The normalized spacial score (nSPS) is 13.0. The number of imidazole rings is 1. The predicted octanol–water partition coefficient (Wildman–Crippen LogP) is 3.29. The maximum Gasteiger partial charge on any atom is 0.207 e. The number of nitrogens with zero attached hydrogens (tertiary/aromatic N) is 7. The second kappa shape index (κ2) is 6.21. The third kappa shape index (κ3) is 2.89. The van der Waals surface area contributed by atoms with E-state index in [1.807, 2.05) is 47.2 Å². The molecule has 0 aliphatic carbocycles. The molecule has 1 aliphatic heterocycles. The first-order valence-electron chi connectivity index (χ1n) is 7.20. The zero-order valence-electron chi connectivity index (χ0n) is 12.4. The third-order valence-corrected chi connectivity index (χ3v) is 3.91. The van der Waals surface area contributed by atoms with E-state index in [0.717, 1.165) is 27.5 Å². The Bertz CT molecular complexity index is 945. The molecule has 1 aliphatic rings. The van der Waals surface area contributed by atoms with Crippen LogP contribution in [0.1, 0.15) is 11.1 Å². The van der Waals surface area contributed by atoms with Crippen LogP contribution in [0.3, 0.4) is 0 Å². The standard InChI is InChI=1S/C16H11ClN7/c17-13-4-2-1-3-12(13)8-24-9-15(19-10-24)14-7-11(5-6-18-14)16-20-22-23-21-16/h1-7,9-10H,8H2. The van der Waals surface area contributed by atoms with E-state index in [9.17, 15) is 0 Å². The van der Waals surface area contributed by atoms with Gasteiger partial charge in [0.25, 0.3) is 0 Å². The maximum atomic E-state index is 6.20. The molecular weight excluding hydrogens is 326 g/mol. The van der Waals surface area contributed by atoms with Crippen LogP contribution in [0.25, 0.3) is 11.4 Å². The highest BCUT2D eigenvalue weighted by molar-refractivity contribution is 6.31. The lowest BCUT2D eigenvalue weighted by Gasteiger charge is -2.04. The fourth-order valence-electron chi connectivity index (χ4n) is 2.37. The van der Waals surface area contributed by atoms with Crippen molar-refractivity contribution in [2.75, 3.05) is 0 Å². The molecule has 0 saturated heterocycles. The summed E-state index contributed by atoms with van der Waals surface area (Å²) in [6.07, 6.45) is 5.38. The molecule has 0 amide bonds. The Morgan fingerprint density at radius 2 is 1.96 bits per heavy atom. The number of aromatic nitrogens is 3. The summed E-state index contributed by atoms with van der Waals surface area (Å²) in [5, 5.41) is 11.9. The molecule has 0 saturated carbocycles. The number of amidine groups is 1. The van der Waals surface area contributed by atoms with Gasteiger partial charge < -0.3 is 4.57 Å². The number of hydrogen-bond acceptors (Lipinski definition) is 5. The van der Waals surface area contributed by atoms with Gasteiger partial charge in [-0.15, -0.1) is 10.2 Å². The van der Waals surface area contributed by atoms with E-state index < -0.39 is 0 Å².